The first-order valence-electron chi connectivity index (χ1n) is 11.7. The number of carbonyl (C=O) groups is 1. The van der Waals surface area contributed by atoms with Gasteiger partial charge in [0.25, 0.3) is 5.56 Å². The summed E-state index contributed by atoms with van der Waals surface area (Å²) in [6.07, 6.45) is 4.23. The van der Waals surface area contributed by atoms with Crippen molar-refractivity contribution in [1.29, 1.82) is 0 Å². The number of nitrogens with one attached hydrogen (secondary N) is 1. The van der Waals surface area contributed by atoms with Gasteiger partial charge in [-0.15, -0.1) is 22.7 Å². The summed E-state index contributed by atoms with van der Waals surface area (Å²) in [7, 11) is 0. The van der Waals surface area contributed by atoms with Crippen LogP contribution in [-0.2, 0) is 11.3 Å². The Labute approximate surface area is 206 Å². The number of likely N-dealkylation sites (tertiary alicyclic amines) is 1. The van der Waals surface area contributed by atoms with Crippen LogP contribution in [0.3, 0.4) is 0 Å². The van der Waals surface area contributed by atoms with E-state index in [1.54, 1.807) is 22.2 Å². The van der Waals surface area contributed by atoms with Gasteiger partial charge >= 0.3 is 0 Å². The van der Waals surface area contributed by atoms with E-state index >= 15 is 0 Å². The first-order valence-corrected chi connectivity index (χ1v) is 13.4. The number of aromatic nitrogens is 2. The third kappa shape index (κ3) is 4.85. The Hall–Kier alpha value is -2.81. The van der Waals surface area contributed by atoms with Crippen molar-refractivity contribution in [3.05, 3.63) is 74.3 Å². The molecule has 1 saturated heterocycles. The highest BCUT2D eigenvalue weighted by molar-refractivity contribution is 7.17. The minimum absolute atomic E-state index is 0.0446. The molecule has 176 valence electrons. The molecule has 8 heteroatoms. The van der Waals surface area contributed by atoms with Gasteiger partial charge in [0, 0.05) is 35.3 Å². The molecule has 0 radical (unpaired) electrons. The molecule has 0 bridgehead atoms. The van der Waals surface area contributed by atoms with Crippen LogP contribution in [0.15, 0.2) is 58.3 Å². The molecule has 1 aliphatic rings. The third-order valence-corrected chi connectivity index (χ3v) is 8.31. The summed E-state index contributed by atoms with van der Waals surface area (Å²) in [6.45, 7) is 5.09. The average Bonchev–Trinajstić information content (AvgIpc) is 3.62. The van der Waals surface area contributed by atoms with E-state index in [0.29, 0.717) is 18.5 Å². The molecule has 1 N–H and O–H groups in total. The molecule has 1 unspecified atom stereocenters. The highest BCUT2D eigenvalue weighted by Gasteiger charge is 2.24. The molecule has 0 spiro atoms. The lowest BCUT2D eigenvalue weighted by Gasteiger charge is -2.27. The summed E-state index contributed by atoms with van der Waals surface area (Å²) in [5, 5.41) is 7.81. The number of fused-ring (bicyclic) bond motifs is 1. The third-order valence-electron chi connectivity index (χ3n) is 6.45. The first kappa shape index (κ1) is 23.0. The van der Waals surface area contributed by atoms with Crippen LogP contribution in [0.25, 0.3) is 21.3 Å². The number of hydrogen-bond acceptors (Lipinski definition) is 6. The standard InChI is InChI=1S/C26H28N4O2S2/c1-18-6-8-19(9-7-18)20-16-34-25-24(20)26(32)30(17-28-25)13-10-23(31)27-15-21(22-5-4-14-33-22)29-11-2-3-12-29/h4-9,14,16-17,21H,2-3,10-13,15H2,1H3,(H,27,31). The zero-order valence-electron chi connectivity index (χ0n) is 19.2. The Bertz CT molecular complexity index is 1320. The van der Waals surface area contributed by atoms with Crippen molar-refractivity contribution >= 4 is 38.8 Å². The van der Waals surface area contributed by atoms with Gasteiger partial charge in [-0.2, -0.15) is 0 Å². The molecule has 1 aliphatic heterocycles. The van der Waals surface area contributed by atoms with Gasteiger partial charge in [0.15, 0.2) is 0 Å². The van der Waals surface area contributed by atoms with Crippen LogP contribution >= 0.6 is 22.7 Å². The maximum atomic E-state index is 13.3. The summed E-state index contributed by atoms with van der Waals surface area (Å²) in [6, 6.07) is 12.6. The molecule has 4 heterocycles. The van der Waals surface area contributed by atoms with Gasteiger partial charge in [0.1, 0.15) is 4.83 Å². The van der Waals surface area contributed by atoms with Gasteiger partial charge in [-0.1, -0.05) is 35.9 Å². The van der Waals surface area contributed by atoms with Gasteiger partial charge < -0.3 is 5.32 Å². The lowest BCUT2D eigenvalue weighted by atomic mass is 10.1. The molecule has 1 atom stereocenters. The van der Waals surface area contributed by atoms with E-state index in [1.807, 2.05) is 36.6 Å². The number of thiophene rings is 2. The molecule has 6 nitrogen and oxygen atoms in total. The molecular weight excluding hydrogens is 464 g/mol. The van der Waals surface area contributed by atoms with Crippen LogP contribution in [0, 0.1) is 6.92 Å². The van der Waals surface area contributed by atoms with Gasteiger partial charge in [0.05, 0.1) is 17.8 Å². The maximum Gasteiger partial charge on any atom is 0.262 e. The Morgan fingerprint density at radius 3 is 2.68 bits per heavy atom. The minimum atomic E-state index is -0.0943. The number of amides is 1. The summed E-state index contributed by atoms with van der Waals surface area (Å²) >= 11 is 3.21. The topological polar surface area (TPSA) is 67.2 Å². The van der Waals surface area contributed by atoms with Crippen LogP contribution in [-0.4, -0.2) is 40.0 Å². The van der Waals surface area contributed by atoms with Crippen LogP contribution in [0.4, 0.5) is 0 Å². The first-order chi connectivity index (χ1) is 16.6. The van der Waals surface area contributed by atoms with E-state index in [4.69, 9.17) is 0 Å². The second-order valence-corrected chi connectivity index (χ2v) is 10.6. The van der Waals surface area contributed by atoms with Crippen molar-refractivity contribution < 1.29 is 4.79 Å². The number of hydrogen-bond donors (Lipinski definition) is 1. The normalized spacial score (nSPS) is 15.1. The monoisotopic (exact) mass is 492 g/mol. The van der Waals surface area contributed by atoms with E-state index in [1.165, 1.54) is 34.6 Å². The fourth-order valence-electron chi connectivity index (χ4n) is 4.54. The Balaban J connectivity index is 1.27. The van der Waals surface area contributed by atoms with Crippen molar-refractivity contribution in [3.63, 3.8) is 0 Å². The number of carbonyl (C=O) groups excluding carboxylic acids is 1. The SMILES string of the molecule is Cc1ccc(-c2csc3ncn(CCC(=O)NCC(c4cccs4)N4CCCC4)c(=O)c23)cc1. The summed E-state index contributed by atoms with van der Waals surface area (Å²) in [5.74, 6) is -0.0446. The summed E-state index contributed by atoms with van der Waals surface area (Å²) in [5.41, 5.74) is 2.99. The lowest BCUT2D eigenvalue weighted by Crippen LogP contribution is -2.37. The van der Waals surface area contributed by atoms with Gasteiger partial charge in [-0.05, 0) is 49.9 Å². The molecule has 0 aliphatic carbocycles. The number of aryl methyl sites for hydroxylation is 2. The second kappa shape index (κ2) is 10.2. The van der Waals surface area contributed by atoms with E-state index in [0.717, 1.165) is 29.0 Å². The summed E-state index contributed by atoms with van der Waals surface area (Å²) < 4.78 is 1.56. The van der Waals surface area contributed by atoms with Crippen LogP contribution in [0.1, 0.15) is 35.7 Å². The van der Waals surface area contributed by atoms with Crippen molar-refractivity contribution in [2.24, 2.45) is 0 Å². The van der Waals surface area contributed by atoms with E-state index in [2.05, 4.69) is 32.7 Å². The van der Waals surface area contributed by atoms with Crippen LogP contribution in [0.2, 0.25) is 0 Å². The van der Waals surface area contributed by atoms with Gasteiger partial charge in [-0.25, -0.2) is 4.98 Å². The molecule has 0 saturated carbocycles. The number of nitrogens with zero attached hydrogens (tertiary/aromatic N) is 3. The number of rotatable bonds is 8. The fraction of sp³-hybridized carbons (Fsp3) is 0.346. The predicted octanol–water partition coefficient (Wildman–Crippen LogP) is 4.84. The van der Waals surface area contributed by atoms with Crippen molar-refractivity contribution in [2.45, 2.75) is 38.8 Å². The maximum absolute atomic E-state index is 13.3. The Morgan fingerprint density at radius 1 is 1.15 bits per heavy atom. The largest absolute Gasteiger partial charge is 0.354 e. The van der Waals surface area contributed by atoms with Crippen molar-refractivity contribution in [3.8, 4) is 11.1 Å². The highest BCUT2D eigenvalue weighted by atomic mass is 32.1. The highest BCUT2D eigenvalue weighted by Crippen LogP contribution is 2.31. The fourth-order valence-corrected chi connectivity index (χ4v) is 6.30. The molecule has 5 rings (SSSR count). The molecule has 1 aromatic carbocycles. The molecule has 1 fully saturated rings. The molecule has 3 aromatic heterocycles. The van der Waals surface area contributed by atoms with E-state index < -0.39 is 0 Å². The number of benzene rings is 1. The lowest BCUT2D eigenvalue weighted by molar-refractivity contribution is -0.121. The molecule has 34 heavy (non-hydrogen) atoms. The van der Waals surface area contributed by atoms with E-state index in [-0.39, 0.29) is 23.9 Å². The molecular formula is C26H28N4O2S2. The van der Waals surface area contributed by atoms with Gasteiger partial charge in [0.2, 0.25) is 5.91 Å². The average molecular weight is 493 g/mol. The smallest absolute Gasteiger partial charge is 0.262 e. The Morgan fingerprint density at radius 2 is 1.94 bits per heavy atom. The van der Waals surface area contributed by atoms with Crippen molar-refractivity contribution in [2.75, 3.05) is 19.6 Å². The quantitative estimate of drug-likeness (QED) is 0.382. The van der Waals surface area contributed by atoms with Crippen molar-refractivity contribution in [1.82, 2.24) is 19.8 Å². The summed E-state index contributed by atoms with van der Waals surface area (Å²) in [4.78, 5) is 34.9. The Kier molecular flexibility index (Phi) is 6.89. The van der Waals surface area contributed by atoms with E-state index in [9.17, 15) is 9.59 Å². The van der Waals surface area contributed by atoms with Crippen LogP contribution in [0.5, 0.6) is 0 Å². The van der Waals surface area contributed by atoms with Crippen LogP contribution < -0.4 is 10.9 Å². The molecule has 1 amide bonds. The predicted molar refractivity (Wildman–Crippen MR) is 140 cm³/mol. The zero-order valence-corrected chi connectivity index (χ0v) is 20.8. The minimum Gasteiger partial charge on any atom is -0.354 e. The van der Waals surface area contributed by atoms with Gasteiger partial charge in [-0.3, -0.25) is 19.1 Å². The molecule has 4 aromatic rings. The second-order valence-electron chi connectivity index (χ2n) is 8.77. The zero-order chi connectivity index (χ0) is 23.5.